The average molecular weight is 264 g/mol. The van der Waals surface area contributed by atoms with E-state index in [9.17, 15) is 5.11 Å². The van der Waals surface area contributed by atoms with Gasteiger partial charge in [0.1, 0.15) is 5.75 Å². The lowest BCUT2D eigenvalue weighted by Gasteiger charge is -2.12. The first-order chi connectivity index (χ1) is 6.54. The van der Waals surface area contributed by atoms with Gasteiger partial charge in [-0.25, -0.2) is 0 Å². The van der Waals surface area contributed by atoms with Gasteiger partial charge in [0.05, 0.1) is 17.3 Å². The molecule has 0 heterocycles. The Balaban J connectivity index is 0. The summed E-state index contributed by atoms with van der Waals surface area (Å²) in [6.07, 6.45) is 0. The van der Waals surface area contributed by atoms with Gasteiger partial charge in [0, 0.05) is 12.1 Å². The molecule has 4 nitrogen and oxygen atoms in total. The van der Waals surface area contributed by atoms with E-state index in [1.54, 1.807) is 6.07 Å². The summed E-state index contributed by atoms with van der Waals surface area (Å²) in [5, 5.41) is 18.3. The van der Waals surface area contributed by atoms with Crippen molar-refractivity contribution in [3.63, 3.8) is 0 Å². The standard InChI is InChI=1S/C10H13N3O.2ClH/c1-13(2)6-8-3-7(5-11)4-9(12)10(8)14;;/h3-4,14H,6,12H2,1-2H3;2*1H. The fraction of sp³-hybridized carbons (Fsp3) is 0.300. The van der Waals surface area contributed by atoms with Crippen molar-refractivity contribution in [2.24, 2.45) is 0 Å². The first-order valence-electron chi connectivity index (χ1n) is 4.20. The number of nitrogens with two attached hydrogens (primary N) is 1. The van der Waals surface area contributed by atoms with Crippen LogP contribution in [0, 0.1) is 11.3 Å². The number of benzene rings is 1. The second kappa shape index (κ2) is 7.18. The molecule has 1 aromatic rings. The molecule has 0 spiro atoms. The predicted molar refractivity (Wildman–Crippen MR) is 69.1 cm³/mol. The highest BCUT2D eigenvalue weighted by Crippen LogP contribution is 2.27. The third-order valence-corrected chi connectivity index (χ3v) is 1.83. The van der Waals surface area contributed by atoms with Crippen molar-refractivity contribution in [1.29, 1.82) is 5.26 Å². The summed E-state index contributed by atoms with van der Waals surface area (Å²) in [7, 11) is 3.77. The highest BCUT2D eigenvalue weighted by Gasteiger charge is 2.08. The first kappa shape index (κ1) is 17.3. The zero-order chi connectivity index (χ0) is 10.7. The monoisotopic (exact) mass is 263 g/mol. The van der Waals surface area contributed by atoms with Crippen LogP contribution < -0.4 is 5.73 Å². The van der Waals surface area contributed by atoms with E-state index in [1.807, 2.05) is 25.1 Å². The molecule has 0 bridgehead atoms. The van der Waals surface area contributed by atoms with Crippen molar-refractivity contribution in [3.05, 3.63) is 23.3 Å². The molecule has 0 unspecified atom stereocenters. The van der Waals surface area contributed by atoms with E-state index in [1.165, 1.54) is 6.07 Å². The van der Waals surface area contributed by atoms with Gasteiger partial charge in [-0.3, -0.25) is 0 Å². The van der Waals surface area contributed by atoms with E-state index < -0.39 is 0 Å². The summed E-state index contributed by atoms with van der Waals surface area (Å²) in [6.45, 7) is 0.561. The lowest BCUT2D eigenvalue weighted by molar-refractivity contribution is 0.386. The third kappa shape index (κ3) is 4.15. The molecule has 0 radical (unpaired) electrons. The lowest BCUT2D eigenvalue weighted by Crippen LogP contribution is -2.11. The fourth-order valence-electron chi connectivity index (χ4n) is 1.24. The second-order valence-electron chi connectivity index (χ2n) is 3.42. The van der Waals surface area contributed by atoms with Gasteiger partial charge in [0.2, 0.25) is 0 Å². The smallest absolute Gasteiger partial charge is 0.143 e. The van der Waals surface area contributed by atoms with Crippen LogP contribution in [0.4, 0.5) is 5.69 Å². The minimum absolute atomic E-state index is 0. The number of hydrogen-bond acceptors (Lipinski definition) is 4. The van der Waals surface area contributed by atoms with Crippen LogP contribution in [0.5, 0.6) is 5.75 Å². The summed E-state index contributed by atoms with van der Waals surface area (Å²) in [5.74, 6) is 0.0673. The molecule has 6 heteroatoms. The van der Waals surface area contributed by atoms with Crippen molar-refractivity contribution < 1.29 is 5.11 Å². The van der Waals surface area contributed by atoms with Crippen LogP contribution in [0.2, 0.25) is 0 Å². The van der Waals surface area contributed by atoms with Gasteiger partial charge < -0.3 is 15.7 Å². The van der Waals surface area contributed by atoms with Crippen LogP contribution in [0.25, 0.3) is 0 Å². The highest BCUT2D eigenvalue weighted by atomic mass is 35.5. The van der Waals surface area contributed by atoms with Crippen molar-refractivity contribution in [2.75, 3.05) is 19.8 Å². The topological polar surface area (TPSA) is 73.3 Å². The third-order valence-electron chi connectivity index (χ3n) is 1.83. The molecule has 0 saturated heterocycles. The van der Waals surface area contributed by atoms with Gasteiger partial charge in [-0.2, -0.15) is 5.26 Å². The normalized spacial score (nSPS) is 8.88. The van der Waals surface area contributed by atoms with Gasteiger partial charge >= 0.3 is 0 Å². The Bertz CT molecular complexity index is 388. The molecule has 0 aromatic heterocycles. The van der Waals surface area contributed by atoms with Crippen LogP contribution in [-0.4, -0.2) is 24.1 Å². The largest absolute Gasteiger partial charge is 0.505 e. The number of rotatable bonds is 2. The van der Waals surface area contributed by atoms with Crippen LogP contribution >= 0.6 is 24.8 Å². The molecule has 0 aliphatic heterocycles. The summed E-state index contributed by atoms with van der Waals surface area (Å²) in [6, 6.07) is 5.11. The number of nitrogen functional groups attached to an aromatic ring is 1. The maximum absolute atomic E-state index is 9.61. The maximum atomic E-state index is 9.61. The van der Waals surface area contributed by atoms with Gasteiger partial charge in [-0.05, 0) is 26.2 Å². The van der Waals surface area contributed by atoms with E-state index in [-0.39, 0.29) is 36.3 Å². The van der Waals surface area contributed by atoms with E-state index in [0.29, 0.717) is 17.7 Å². The fourth-order valence-corrected chi connectivity index (χ4v) is 1.24. The van der Waals surface area contributed by atoms with Crippen molar-refractivity contribution in [2.45, 2.75) is 6.54 Å². The number of nitriles is 1. The molecule has 1 aromatic carbocycles. The number of phenols is 1. The van der Waals surface area contributed by atoms with Crippen LogP contribution in [-0.2, 0) is 6.54 Å². The predicted octanol–water partition coefficient (Wildman–Crippen LogP) is 1.75. The second-order valence-corrected chi connectivity index (χ2v) is 3.42. The van der Waals surface area contributed by atoms with Crippen molar-refractivity contribution >= 4 is 30.5 Å². The molecule has 3 N–H and O–H groups in total. The molecule has 0 aliphatic carbocycles. The molecule has 16 heavy (non-hydrogen) atoms. The number of halogens is 2. The zero-order valence-electron chi connectivity index (χ0n) is 9.10. The quantitative estimate of drug-likeness (QED) is 0.630. The number of phenolic OH excluding ortho intramolecular Hbond substituents is 1. The van der Waals surface area contributed by atoms with Gasteiger partial charge in [-0.15, -0.1) is 24.8 Å². The Hall–Kier alpha value is -1.15. The van der Waals surface area contributed by atoms with E-state index in [4.69, 9.17) is 11.0 Å². The lowest BCUT2D eigenvalue weighted by atomic mass is 10.1. The molecule has 0 saturated carbocycles. The molecule has 0 atom stereocenters. The van der Waals surface area contributed by atoms with Crippen LogP contribution in [0.1, 0.15) is 11.1 Å². The first-order valence-corrected chi connectivity index (χ1v) is 4.20. The average Bonchev–Trinajstić information content (AvgIpc) is 2.11. The van der Waals surface area contributed by atoms with Crippen LogP contribution in [0.15, 0.2) is 12.1 Å². The minimum atomic E-state index is 0. The molecule has 90 valence electrons. The number of anilines is 1. The Kier molecular flexibility index (Phi) is 7.74. The summed E-state index contributed by atoms with van der Waals surface area (Å²) < 4.78 is 0. The molecule has 0 aliphatic rings. The number of hydrogen-bond donors (Lipinski definition) is 2. The zero-order valence-corrected chi connectivity index (χ0v) is 10.7. The van der Waals surface area contributed by atoms with E-state index in [0.717, 1.165) is 0 Å². The summed E-state index contributed by atoms with van der Waals surface area (Å²) >= 11 is 0. The summed E-state index contributed by atoms with van der Waals surface area (Å²) in [4.78, 5) is 1.90. The highest BCUT2D eigenvalue weighted by molar-refractivity contribution is 5.85. The Morgan fingerprint density at radius 3 is 2.38 bits per heavy atom. The van der Waals surface area contributed by atoms with Gasteiger partial charge in [0.25, 0.3) is 0 Å². The Morgan fingerprint density at radius 1 is 1.38 bits per heavy atom. The molecule has 0 fully saturated rings. The summed E-state index contributed by atoms with van der Waals surface area (Å²) in [5.41, 5.74) is 6.95. The van der Waals surface area contributed by atoms with Crippen LogP contribution in [0.3, 0.4) is 0 Å². The minimum Gasteiger partial charge on any atom is -0.505 e. The van der Waals surface area contributed by atoms with Gasteiger partial charge in [0.15, 0.2) is 0 Å². The van der Waals surface area contributed by atoms with Crippen molar-refractivity contribution in [1.82, 2.24) is 4.90 Å². The Morgan fingerprint density at radius 2 is 1.94 bits per heavy atom. The SMILES string of the molecule is CN(C)Cc1cc(C#N)cc(N)c1O.Cl.Cl. The van der Waals surface area contributed by atoms with Crippen molar-refractivity contribution in [3.8, 4) is 11.8 Å². The van der Waals surface area contributed by atoms with E-state index in [2.05, 4.69) is 0 Å². The van der Waals surface area contributed by atoms with Gasteiger partial charge in [-0.1, -0.05) is 0 Å². The molecular formula is C10H15Cl2N3O. The maximum Gasteiger partial charge on any atom is 0.143 e. The number of nitrogens with zero attached hydrogens (tertiary/aromatic N) is 2. The molecule has 1 rings (SSSR count). The molecular weight excluding hydrogens is 249 g/mol. The Labute approximate surface area is 107 Å². The number of aromatic hydroxyl groups is 1. The van der Waals surface area contributed by atoms with E-state index >= 15 is 0 Å². The molecule has 0 amide bonds.